The Balaban J connectivity index is 0.725. The van der Waals surface area contributed by atoms with Crippen LogP contribution in [-0.2, 0) is 33.3 Å². The number of thiophene rings is 1. The molecule has 7 rings (SSSR count). The Morgan fingerprint density at radius 2 is 1.41 bits per heavy atom. The second-order valence-corrected chi connectivity index (χ2v) is 20.8. The normalized spacial score (nSPS) is 15.5. The van der Waals surface area contributed by atoms with Gasteiger partial charge in [0.25, 0.3) is 5.91 Å². The average Bonchev–Trinajstić information content (AvgIpc) is 4.12. The Labute approximate surface area is 443 Å². The maximum absolute atomic E-state index is 14.0. The molecule has 18 nitrogen and oxygen atoms in total. The van der Waals surface area contributed by atoms with Crippen LogP contribution >= 0.6 is 22.7 Å². The minimum atomic E-state index is -0.984. The van der Waals surface area contributed by atoms with Gasteiger partial charge in [0.2, 0.25) is 17.7 Å². The third-order valence-electron chi connectivity index (χ3n) is 12.2. The summed E-state index contributed by atoms with van der Waals surface area (Å²) in [6.45, 7) is 11.3. The topological polar surface area (TPSA) is 240 Å². The van der Waals surface area contributed by atoms with E-state index in [-0.39, 0.29) is 56.2 Å². The molecule has 4 atom stereocenters. The fourth-order valence-electron chi connectivity index (χ4n) is 8.26. The highest BCUT2D eigenvalue weighted by Crippen LogP contribution is 2.40. The van der Waals surface area contributed by atoms with E-state index in [1.54, 1.807) is 72.0 Å². The number of aliphatic hydroxyl groups excluding tert-OH is 1. The van der Waals surface area contributed by atoms with Crippen LogP contribution in [0.25, 0.3) is 31.0 Å². The number of β-amino-alcohol motifs (C(OH)–C–C–N with tert-alkyl or cyclic N) is 1. The molecule has 1 aliphatic heterocycles. The number of nitrogens with one attached hydrogen (secondary N) is 3. The number of hydrogen-bond donors (Lipinski definition) is 6. The number of aryl methyl sites for hydroxylation is 1. The first-order chi connectivity index (χ1) is 36.0. The lowest BCUT2D eigenvalue weighted by molar-refractivity contribution is -0.144. The van der Waals surface area contributed by atoms with Gasteiger partial charge in [-0.15, -0.1) is 22.7 Å². The van der Waals surface area contributed by atoms with Crippen molar-refractivity contribution in [2.24, 2.45) is 10.5 Å². The van der Waals surface area contributed by atoms with E-state index >= 15 is 0 Å². The van der Waals surface area contributed by atoms with Crippen molar-refractivity contribution in [2.75, 3.05) is 66.0 Å². The van der Waals surface area contributed by atoms with E-state index in [1.165, 1.54) is 28.5 Å². The van der Waals surface area contributed by atoms with Gasteiger partial charge in [-0.25, -0.2) is 10.4 Å². The maximum Gasteiger partial charge on any atom is 0.273 e. The number of fused-ring (bicyclic) bond motifs is 1. The second kappa shape index (κ2) is 26.6. The van der Waals surface area contributed by atoms with E-state index in [1.807, 2.05) is 64.4 Å². The number of hydrazone groups is 1. The number of phenolic OH excluding ortho intramolecular Hbond substituents is 2. The third kappa shape index (κ3) is 15.6. The average molecular weight is 1070 g/mol. The van der Waals surface area contributed by atoms with E-state index in [0.717, 1.165) is 37.5 Å². The monoisotopic (exact) mass is 1060 g/mol. The van der Waals surface area contributed by atoms with E-state index in [2.05, 4.69) is 26.1 Å². The molecule has 4 unspecified atom stereocenters. The molecule has 1 aliphatic rings. The van der Waals surface area contributed by atoms with Gasteiger partial charge >= 0.3 is 0 Å². The number of aromatic hydroxyl groups is 2. The van der Waals surface area contributed by atoms with Gasteiger partial charge in [-0.3, -0.25) is 19.2 Å². The molecule has 1 saturated heterocycles. The first-order valence-electron chi connectivity index (χ1n) is 24.6. The van der Waals surface area contributed by atoms with Crippen molar-refractivity contribution in [3.05, 3.63) is 119 Å². The molecule has 0 aliphatic carbocycles. The van der Waals surface area contributed by atoms with Crippen LogP contribution in [0, 0.1) is 12.3 Å². The third-order valence-corrected chi connectivity index (χ3v) is 14.4. The van der Waals surface area contributed by atoms with Crippen LogP contribution in [0.2, 0.25) is 0 Å². The Bertz CT molecular complexity index is 2880. The van der Waals surface area contributed by atoms with Crippen molar-refractivity contribution in [3.8, 4) is 38.1 Å². The lowest BCUT2D eigenvalue weighted by atomic mass is 9.85. The largest absolute Gasteiger partial charge is 0.508 e. The zero-order chi connectivity index (χ0) is 53.5. The molecule has 20 heteroatoms. The first-order valence-corrected chi connectivity index (χ1v) is 26.3. The Morgan fingerprint density at radius 3 is 2.05 bits per heavy atom. The molecule has 0 radical (unpaired) electrons. The summed E-state index contributed by atoms with van der Waals surface area (Å²) in [6, 6.07) is 24.2. The number of ether oxygens (including phenoxy) is 5. The van der Waals surface area contributed by atoms with Gasteiger partial charge in [0, 0.05) is 27.9 Å². The lowest BCUT2D eigenvalue weighted by Crippen LogP contribution is -2.58. The van der Waals surface area contributed by atoms with Gasteiger partial charge in [0.15, 0.2) is 0 Å². The summed E-state index contributed by atoms with van der Waals surface area (Å²) < 4.78 is 28.8. The number of thiazole rings is 1. The van der Waals surface area contributed by atoms with Gasteiger partial charge in [-0.2, -0.15) is 5.10 Å². The van der Waals surface area contributed by atoms with Crippen LogP contribution in [0.1, 0.15) is 67.3 Å². The maximum atomic E-state index is 14.0. The van der Waals surface area contributed by atoms with Gasteiger partial charge in [0.05, 0.1) is 86.3 Å². The van der Waals surface area contributed by atoms with Crippen molar-refractivity contribution >= 4 is 62.6 Å². The molecule has 1 fully saturated rings. The number of carbonyl (C=O) groups is 4. The molecule has 6 N–H and O–H groups in total. The summed E-state index contributed by atoms with van der Waals surface area (Å²) in [5.41, 5.74) is 8.49. The number of phenols is 2. The van der Waals surface area contributed by atoms with Gasteiger partial charge in [-0.05, 0) is 108 Å². The molecule has 398 valence electrons. The molecule has 3 heterocycles. The van der Waals surface area contributed by atoms with Gasteiger partial charge in [0.1, 0.15) is 42.5 Å². The Kier molecular flexibility index (Phi) is 19.9. The zero-order valence-electron chi connectivity index (χ0n) is 42.6. The van der Waals surface area contributed by atoms with Crippen LogP contribution in [0.3, 0.4) is 0 Å². The minimum Gasteiger partial charge on any atom is -0.508 e. The number of carbonyl (C=O) groups excluding carboxylic acids is 4. The summed E-state index contributed by atoms with van der Waals surface area (Å²) in [6.07, 6.45) is 0.717. The van der Waals surface area contributed by atoms with Crippen molar-refractivity contribution in [3.63, 3.8) is 0 Å². The summed E-state index contributed by atoms with van der Waals surface area (Å²) in [4.78, 5) is 61.5. The number of aromatic nitrogens is 1. The predicted octanol–water partition coefficient (Wildman–Crippen LogP) is 6.99. The Morgan fingerprint density at radius 1 is 0.800 bits per heavy atom. The van der Waals surface area contributed by atoms with E-state index in [0.29, 0.717) is 61.2 Å². The highest BCUT2D eigenvalue weighted by Gasteiger charge is 2.44. The van der Waals surface area contributed by atoms with Gasteiger partial charge in [-0.1, -0.05) is 45.0 Å². The molecule has 75 heavy (non-hydrogen) atoms. The SMILES string of the molecule is Cc1ncsc1-c1ccc(C(C)NC(=O)C2CC(O)CN2C(=O)C(NC(=O)COCCOCCOCCOCCOc2ccc(C=NNC(=O)c3c(-c4ccc(O)cc4)sc4cc(O)ccc34)cc2)C(C)(C)C)cc1. The molecule has 0 spiro atoms. The van der Waals surface area contributed by atoms with Crippen molar-refractivity contribution in [1.82, 2.24) is 25.9 Å². The summed E-state index contributed by atoms with van der Waals surface area (Å²) >= 11 is 2.93. The van der Waals surface area contributed by atoms with Crippen molar-refractivity contribution < 1.29 is 58.2 Å². The van der Waals surface area contributed by atoms with Crippen LogP contribution in [0.4, 0.5) is 0 Å². The highest BCUT2D eigenvalue weighted by atomic mass is 32.1. The number of nitrogens with zero attached hydrogens (tertiary/aromatic N) is 3. The molecule has 0 bridgehead atoms. The molecular weight excluding hydrogens is 1000 g/mol. The standard InChI is InChI=1S/C55H64N6O12S2/c1-34(37-8-10-38(11-9-37)49-35(2)56-33-74-49)58-52(66)45-28-42(64)31-61(45)54(68)51(55(3,4)5)59-47(65)32-72-25-24-70-21-20-69-22-23-71-26-27-73-43-17-6-36(7-18-43)30-57-60-53(67)48-44-19-16-41(63)29-46(44)75-50(48)39-12-14-40(62)15-13-39/h6-19,29-30,33-34,42,45,51,62-64H,20-28,31-32H2,1-5H3,(H,58,66)(H,59,65)(H,60,67). The van der Waals surface area contributed by atoms with Gasteiger partial charge < -0.3 is 54.5 Å². The number of likely N-dealkylation sites (tertiary alicyclic amines) is 1. The number of aliphatic hydroxyl groups is 1. The number of rotatable bonds is 25. The van der Waals surface area contributed by atoms with E-state index in [9.17, 15) is 34.5 Å². The fourth-order valence-corrected chi connectivity index (χ4v) is 10.3. The fraction of sp³-hybridized carbons (Fsp3) is 0.382. The smallest absolute Gasteiger partial charge is 0.273 e. The van der Waals surface area contributed by atoms with Crippen LogP contribution in [0.15, 0.2) is 102 Å². The molecule has 4 aromatic carbocycles. The lowest BCUT2D eigenvalue weighted by Gasteiger charge is -2.35. The molecule has 2 aromatic heterocycles. The zero-order valence-corrected chi connectivity index (χ0v) is 44.2. The number of amides is 4. The van der Waals surface area contributed by atoms with Crippen LogP contribution in [-0.4, -0.2) is 139 Å². The summed E-state index contributed by atoms with van der Waals surface area (Å²) in [5, 5.41) is 41.0. The van der Waals surface area contributed by atoms with Crippen molar-refractivity contribution in [1.29, 1.82) is 0 Å². The molecule has 6 aromatic rings. The number of hydrogen-bond acceptors (Lipinski definition) is 16. The molecule has 4 amide bonds. The molecular formula is C55H64N6O12S2. The predicted molar refractivity (Wildman–Crippen MR) is 287 cm³/mol. The highest BCUT2D eigenvalue weighted by molar-refractivity contribution is 7.22. The quantitative estimate of drug-likeness (QED) is 0.0193. The Hall–Kier alpha value is -6.78. The molecule has 0 saturated carbocycles. The van der Waals surface area contributed by atoms with Crippen molar-refractivity contribution in [2.45, 2.75) is 65.3 Å². The number of benzene rings is 4. The van der Waals surface area contributed by atoms with E-state index in [4.69, 9.17) is 23.7 Å². The van der Waals surface area contributed by atoms with Crippen LogP contribution in [0.5, 0.6) is 17.2 Å². The second-order valence-electron chi connectivity index (χ2n) is 18.9. The van der Waals surface area contributed by atoms with Crippen LogP contribution < -0.4 is 20.8 Å². The summed E-state index contributed by atoms with van der Waals surface area (Å²) in [7, 11) is 0. The first kappa shape index (κ1) is 56.0. The minimum absolute atomic E-state index is 0.0321. The van der Waals surface area contributed by atoms with E-state index < -0.39 is 41.3 Å². The summed E-state index contributed by atoms with van der Waals surface area (Å²) in [5.74, 6) is -0.908.